The molecule has 2 unspecified atom stereocenters. The quantitative estimate of drug-likeness (QED) is 0.625. The van der Waals surface area contributed by atoms with Crippen molar-refractivity contribution in [2.45, 2.75) is 18.4 Å². The van der Waals surface area contributed by atoms with E-state index >= 15 is 0 Å². The van der Waals surface area contributed by atoms with Crippen molar-refractivity contribution in [3.05, 3.63) is 88.9 Å². The minimum atomic E-state index is -0.731. The molecule has 0 saturated carbocycles. The normalized spacial score (nSPS) is 17.0. The molecule has 4 nitrogen and oxygen atoms in total. The fourth-order valence-corrected chi connectivity index (χ4v) is 3.97. The largest absolute Gasteiger partial charge is 0.497 e. The molecule has 0 bridgehead atoms. The van der Waals surface area contributed by atoms with Gasteiger partial charge in [-0.2, -0.15) is 0 Å². The molecular formula is C24H22ClNO3. The predicted molar refractivity (Wildman–Crippen MR) is 115 cm³/mol. The summed E-state index contributed by atoms with van der Waals surface area (Å²) in [6.07, 6.45) is -0.388. The molecular weight excluding hydrogens is 386 g/mol. The van der Waals surface area contributed by atoms with Crippen LogP contribution in [0.5, 0.6) is 5.75 Å². The minimum Gasteiger partial charge on any atom is -0.497 e. The topological polar surface area (TPSA) is 49.8 Å². The second-order valence-corrected chi connectivity index (χ2v) is 7.60. The van der Waals surface area contributed by atoms with Crippen LogP contribution < -0.4 is 9.64 Å². The molecule has 0 radical (unpaired) electrons. The first-order valence-corrected chi connectivity index (χ1v) is 9.91. The number of methoxy groups -OCH3 is 1. The zero-order valence-corrected chi connectivity index (χ0v) is 16.8. The summed E-state index contributed by atoms with van der Waals surface area (Å²) in [7, 11) is 1.61. The lowest BCUT2D eigenvalue weighted by Crippen LogP contribution is -2.35. The molecule has 0 spiro atoms. The van der Waals surface area contributed by atoms with E-state index in [1.54, 1.807) is 7.11 Å². The second kappa shape index (κ2) is 8.27. The summed E-state index contributed by atoms with van der Waals surface area (Å²) in [5, 5.41) is 11.4. The molecule has 1 aliphatic rings. The van der Waals surface area contributed by atoms with Crippen LogP contribution in [0.3, 0.4) is 0 Å². The van der Waals surface area contributed by atoms with Crippen LogP contribution in [0.4, 0.5) is 11.4 Å². The van der Waals surface area contributed by atoms with Crippen LogP contribution in [0.2, 0.25) is 5.02 Å². The van der Waals surface area contributed by atoms with Crippen molar-refractivity contribution in [2.24, 2.45) is 0 Å². The molecule has 0 aromatic heterocycles. The van der Waals surface area contributed by atoms with Gasteiger partial charge in [0.1, 0.15) is 5.75 Å². The van der Waals surface area contributed by atoms with Crippen molar-refractivity contribution in [3.63, 3.8) is 0 Å². The number of anilines is 2. The molecule has 1 aliphatic heterocycles. The lowest BCUT2D eigenvalue weighted by molar-refractivity contribution is -0.120. The number of ketones is 1. The summed E-state index contributed by atoms with van der Waals surface area (Å²) in [5.74, 6) is 0.469. The molecule has 4 rings (SSSR count). The number of carbonyl (C=O) groups is 1. The third-order valence-corrected chi connectivity index (χ3v) is 5.66. The van der Waals surface area contributed by atoms with Crippen molar-refractivity contribution in [1.29, 1.82) is 0 Å². The van der Waals surface area contributed by atoms with Gasteiger partial charge in [0.2, 0.25) is 0 Å². The van der Waals surface area contributed by atoms with Crippen molar-refractivity contribution >= 4 is 28.8 Å². The van der Waals surface area contributed by atoms with E-state index in [9.17, 15) is 9.90 Å². The first kappa shape index (κ1) is 19.5. The monoisotopic (exact) mass is 407 g/mol. The average Bonchev–Trinajstić information content (AvgIpc) is 2.76. The van der Waals surface area contributed by atoms with E-state index in [1.807, 2.05) is 77.7 Å². The van der Waals surface area contributed by atoms with Gasteiger partial charge in [-0.15, -0.1) is 0 Å². The summed E-state index contributed by atoms with van der Waals surface area (Å²) < 4.78 is 5.17. The summed E-state index contributed by atoms with van der Waals surface area (Å²) >= 11 is 6.02. The van der Waals surface area contributed by atoms with Gasteiger partial charge in [-0.05, 0) is 60.0 Å². The lowest BCUT2D eigenvalue weighted by Gasteiger charge is -2.35. The molecule has 2 atom stereocenters. The highest BCUT2D eigenvalue weighted by Crippen LogP contribution is 2.41. The fraction of sp³-hybridized carbons (Fsp3) is 0.208. The Morgan fingerprint density at radius 2 is 1.76 bits per heavy atom. The van der Waals surface area contributed by atoms with E-state index in [-0.39, 0.29) is 18.2 Å². The number of hydrogen-bond acceptors (Lipinski definition) is 4. The molecule has 0 saturated heterocycles. The average molecular weight is 408 g/mol. The Labute approximate surface area is 175 Å². The van der Waals surface area contributed by atoms with Gasteiger partial charge in [-0.25, -0.2) is 0 Å². The minimum absolute atomic E-state index is 0.0891. The van der Waals surface area contributed by atoms with Gasteiger partial charge in [0.05, 0.1) is 19.8 Å². The van der Waals surface area contributed by atoms with Crippen molar-refractivity contribution in [1.82, 2.24) is 0 Å². The molecule has 3 aromatic rings. The third-order valence-electron chi connectivity index (χ3n) is 5.40. The standard InChI is InChI=1S/C24H22ClNO3/c1-29-19-12-6-16(7-13-19)23(27)14-21-20-4-2-3-5-22(20)26(15-24(21)28)18-10-8-17(25)9-11-18/h2-13,21,23,27H,14-15H2,1H3. The van der Waals surface area contributed by atoms with Crippen LogP contribution in [0, 0.1) is 0 Å². The van der Waals surface area contributed by atoms with E-state index in [0.717, 1.165) is 28.3 Å². The van der Waals surface area contributed by atoms with Crippen LogP contribution in [-0.2, 0) is 4.79 Å². The van der Waals surface area contributed by atoms with E-state index < -0.39 is 6.10 Å². The van der Waals surface area contributed by atoms with E-state index in [4.69, 9.17) is 16.3 Å². The maximum Gasteiger partial charge on any atom is 0.160 e. The maximum absolute atomic E-state index is 13.1. The molecule has 1 heterocycles. The zero-order chi connectivity index (χ0) is 20.4. The van der Waals surface area contributed by atoms with Crippen LogP contribution >= 0.6 is 11.6 Å². The molecule has 0 aliphatic carbocycles. The number of rotatable bonds is 5. The Balaban J connectivity index is 1.62. The van der Waals surface area contributed by atoms with Crippen LogP contribution in [0.15, 0.2) is 72.8 Å². The molecule has 3 aromatic carbocycles. The van der Waals surface area contributed by atoms with Gasteiger partial charge in [-0.3, -0.25) is 4.79 Å². The lowest BCUT2D eigenvalue weighted by atomic mass is 9.83. The van der Waals surface area contributed by atoms with Crippen LogP contribution in [0.25, 0.3) is 0 Å². The summed E-state index contributed by atoms with van der Waals surface area (Å²) in [6, 6.07) is 22.7. The van der Waals surface area contributed by atoms with E-state index in [2.05, 4.69) is 0 Å². The number of halogens is 1. The van der Waals surface area contributed by atoms with Crippen molar-refractivity contribution in [3.8, 4) is 5.75 Å². The number of aliphatic hydroxyl groups excluding tert-OH is 1. The van der Waals surface area contributed by atoms with Crippen molar-refractivity contribution in [2.75, 3.05) is 18.6 Å². The second-order valence-electron chi connectivity index (χ2n) is 7.16. The van der Waals surface area contributed by atoms with Gasteiger partial charge in [0.15, 0.2) is 5.78 Å². The van der Waals surface area contributed by atoms with Crippen LogP contribution in [-0.4, -0.2) is 24.5 Å². The maximum atomic E-state index is 13.1. The van der Waals surface area contributed by atoms with Gasteiger partial charge in [0, 0.05) is 22.3 Å². The zero-order valence-electron chi connectivity index (χ0n) is 16.1. The number of hydrogen-bond donors (Lipinski definition) is 1. The van der Waals surface area contributed by atoms with Crippen LogP contribution in [0.1, 0.15) is 29.6 Å². The number of aliphatic hydroxyl groups is 1. The summed E-state index contributed by atoms with van der Waals surface area (Å²) in [6.45, 7) is 0.263. The number of ether oxygens (including phenoxy) is 1. The summed E-state index contributed by atoms with van der Waals surface area (Å²) in [4.78, 5) is 15.1. The molecule has 29 heavy (non-hydrogen) atoms. The fourth-order valence-electron chi connectivity index (χ4n) is 3.85. The Bertz CT molecular complexity index is 1000. The highest BCUT2D eigenvalue weighted by Gasteiger charge is 2.34. The molecule has 0 amide bonds. The highest BCUT2D eigenvalue weighted by molar-refractivity contribution is 6.30. The Hall–Kier alpha value is -2.82. The number of para-hydroxylation sites is 1. The number of Topliss-reactive ketones (excluding diaryl/α,β-unsaturated/α-hetero) is 1. The summed E-state index contributed by atoms with van der Waals surface area (Å²) in [5.41, 5.74) is 3.62. The van der Waals surface area contributed by atoms with Gasteiger partial charge >= 0.3 is 0 Å². The van der Waals surface area contributed by atoms with Gasteiger partial charge < -0.3 is 14.7 Å². The van der Waals surface area contributed by atoms with Gasteiger partial charge in [0.25, 0.3) is 0 Å². The third kappa shape index (κ3) is 4.00. The first-order valence-electron chi connectivity index (χ1n) is 9.53. The number of benzene rings is 3. The number of fused-ring (bicyclic) bond motifs is 1. The van der Waals surface area contributed by atoms with E-state index in [1.165, 1.54) is 0 Å². The van der Waals surface area contributed by atoms with Gasteiger partial charge in [-0.1, -0.05) is 41.9 Å². The Morgan fingerprint density at radius 1 is 1.07 bits per heavy atom. The predicted octanol–water partition coefficient (Wildman–Crippen LogP) is 5.28. The van der Waals surface area contributed by atoms with E-state index in [0.29, 0.717) is 11.4 Å². The first-order chi connectivity index (χ1) is 14.1. The Morgan fingerprint density at radius 3 is 2.45 bits per heavy atom. The number of carbonyl (C=O) groups excluding carboxylic acids is 1. The highest BCUT2D eigenvalue weighted by atomic mass is 35.5. The molecule has 1 N–H and O–H groups in total. The molecule has 0 fully saturated rings. The number of nitrogens with zero attached hydrogens (tertiary/aromatic N) is 1. The molecule has 5 heteroatoms. The SMILES string of the molecule is COc1ccc(C(O)CC2C(=O)CN(c3ccc(Cl)cc3)c3ccccc32)cc1. The smallest absolute Gasteiger partial charge is 0.160 e. The molecule has 148 valence electrons. The van der Waals surface area contributed by atoms with Crippen molar-refractivity contribution < 1.29 is 14.6 Å². The Kier molecular flexibility index (Phi) is 5.56.